The molecule has 0 aromatic rings. The minimum Gasteiger partial charge on any atom is -0.462 e. The van der Waals surface area contributed by atoms with Gasteiger partial charge in [0.05, 0.1) is 0 Å². The fraction of sp³-hybridized carbons (Fsp3) is 0.900. The van der Waals surface area contributed by atoms with Crippen molar-refractivity contribution in [1.82, 2.24) is 0 Å². The monoisotopic (exact) mass is 1070 g/mol. The van der Waals surface area contributed by atoms with Gasteiger partial charge < -0.3 is 14.2 Å². The minimum absolute atomic E-state index is 0.0667. The molecule has 0 bridgehead atoms. The first-order valence-corrected chi connectivity index (χ1v) is 34.3. The lowest BCUT2D eigenvalue weighted by Crippen LogP contribution is -2.30. The van der Waals surface area contributed by atoms with E-state index in [2.05, 4.69) is 45.1 Å². The van der Waals surface area contributed by atoms with Crippen molar-refractivity contribution in [2.45, 2.75) is 393 Å². The molecule has 0 saturated heterocycles. The maximum Gasteiger partial charge on any atom is 0.306 e. The van der Waals surface area contributed by atoms with Crippen molar-refractivity contribution >= 4 is 17.9 Å². The van der Waals surface area contributed by atoms with Crippen LogP contribution in [0.3, 0.4) is 0 Å². The van der Waals surface area contributed by atoms with Crippen LogP contribution in [0.1, 0.15) is 387 Å². The number of esters is 3. The number of rotatable bonds is 64. The molecule has 0 aliphatic rings. The van der Waals surface area contributed by atoms with Crippen LogP contribution in [0.2, 0.25) is 0 Å². The second kappa shape index (κ2) is 65.4. The van der Waals surface area contributed by atoms with Crippen LogP contribution in [0, 0.1) is 0 Å². The number of unbranched alkanes of at least 4 members (excludes halogenated alkanes) is 49. The molecule has 0 N–H and O–H groups in total. The van der Waals surface area contributed by atoms with Gasteiger partial charge in [-0.1, -0.05) is 340 Å². The van der Waals surface area contributed by atoms with Crippen LogP contribution in [0.25, 0.3) is 0 Å². The highest BCUT2D eigenvalue weighted by Crippen LogP contribution is 2.19. The molecule has 0 heterocycles. The molecule has 76 heavy (non-hydrogen) atoms. The number of allylic oxidation sites excluding steroid dienone is 4. The SMILES string of the molecule is CCCCC/C=C\C/C=C\CCCCCCCCCCCC(=O)OC(COC(=O)CCCCCCCCCCCCCC)COC(=O)CCCCCCCCCCCCCCCCCCCCCCCCCCCCC. The fourth-order valence-corrected chi connectivity index (χ4v) is 10.5. The molecule has 0 aromatic heterocycles. The van der Waals surface area contributed by atoms with E-state index in [9.17, 15) is 14.4 Å². The van der Waals surface area contributed by atoms with Crippen LogP contribution >= 0.6 is 0 Å². The summed E-state index contributed by atoms with van der Waals surface area (Å²) in [6.07, 6.45) is 79.2. The Kier molecular flexibility index (Phi) is 63.6. The third-order valence-corrected chi connectivity index (χ3v) is 15.7. The van der Waals surface area contributed by atoms with E-state index in [0.717, 1.165) is 64.2 Å². The highest BCUT2D eigenvalue weighted by molar-refractivity contribution is 5.71. The number of hydrogen-bond acceptors (Lipinski definition) is 6. The minimum atomic E-state index is -0.770. The molecule has 0 aliphatic carbocycles. The topological polar surface area (TPSA) is 78.9 Å². The highest BCUT2D eigenvalue weighted by Gasteiger charge is 2.19. The zero-order chi connectivity index (χ0) is 55.0. The normalized spacial score (nSPS) is 12.1. The maximum atomic E-state index is 12.9. The van der Waals surface area contributed by atoms with Gasteiger partial charge in [0, 0.05) is 19.3 Å². The van der Waals surface area contributed by atoms with Gasteiger partial charge in [0.15, 0.2) is 6.10 Å². The van der Waals surface area contributed by atoms with Crippen LogP contribution in [0.5, 0.6) is 0 Å². The number of ether oxygens (including phenoxy) is 3. The van der Waals surface area contributed by atoms with Crippen molar-refractivity contribution in [3.8, 4) is 0 Å². The second-order valence-corrected chi connectivity index (χ2v) is 23.5. The summed E-state index contributed by atoms with van der Waals surface area (Å²) in [5.74, 6) is -0.842. The molecule has 0 amide bonds. The van der Waals surface area contributed by atoms with Crippen molar-refractivity contribution in [1.29, 1.82) is 0 Å². The van der Waals surface area contributed by atoms with E-state index in [4.69, 9.17) is 14.2 Å². The summed E-state index contributed by atoms with van der Waals surface area (Å²) >= 11 is 0. The molecule has 1 unspecified atom stereocenters. The number of carbonyl (C=O) groups excluding carboxylic acids is 3. The van der Waals surface area contributed by atoms with Crippen LogP contribution in [-0.4, -0.2) is 37.2 Å². The Morgan fingerprint density at radius 1 is 0.263 bits per heavy atom. The Bertz CT molecular complexity index is 1230. The molecule has 6 nitrogen and oxygen atoms in total. The van der Waals surface area contributed by atoms with Crippen molar-refractivity contribution in [2.24, 2.45) is 0 Å². The predicted molar refractivity (Wildman–Crippen MR) is 330 cm³/mol. The first kappa shape index (κ1) is 73.9. The largest absolute Gasteiger partial charge is 0.462 e. The summed E-state index contributed by atoms with van der Waals surface area (Å²) in [7, 11) is 0. The Morgan fingerprint density at radius 3 is 0.750 bits per heavy atom. The molecule has 0 aromatic carbocycles. The van der Waals surface area contributed by atoms with Gasteiger partial charge in [-0.15, -0.1) is 0 Å². The Hall–Kier alpha value is -2.11. The van der Waals surface area contributed by atoms with Gasteiger partial charge >= 0.3 is 17.9 Å². The standard InChI is InChI=1S/C70H132O6/c1-4-7-10-13-16-19-22-25-27-29-31-32-33-34-35-36-37-38-40-41-43-45-48-51-54-57-60-63-69(72)75-66-67(65-74-68(71)62-59-56-53-50-47-24-21-18-15-12-9-6-3)76-70(73)64-61-58-55-52-49-46-44-42-39-30-28-26-23-20-17-14-11-8-5-2/h17,20,26,28,67H,4-16,18-19,21-25,27,29-66H2,1-3H3/b20-17-,28-26-. The second-order valence-electron chi connectivity index (χ2n) is 23.5. The molecular weight excluding hydrogens is 937 g/mol. The highest BCUT2D eigenvalue weighted by atomic mass is 16.6. The fourth-order valence-electron chi connectivity index (χ4n) is 10.5. The van der Waals surface area contributed by atoms with Crippen molar-refractivity contribution in [3.05, 3.63) is 24.3 Å². The Labute approximate surface area is 474 Å². The summed E-state index contributed by atoms with van der Waals surface area (Å²) in [5, 5.41) is 0. The van der Waals surface area contributed by atoms with E-state index >= 15 is 0 Å². The van der Waals surface area contributed by atoms with Crippen LogP contribution in [0.4, 0.5) is 0 Å². The molecule has 0 aliphatic heterocycles. The smallest absolute Gasteiger partial charge is 0.306 e. The average Bonchev–Trinajstić information content (AvgIpc) is 3.42. The Balaban J connectivity index is 4.17. The van der Waals surface area contributed by atoms with Gasteiger partial charge in [-0.05, 0) is 51.4 Å². The lowest BCUT2D eigenvalue weighted by Gasteiger charge is -2.18. The van der Waals surface area contributed by atoms with Crippen LogP contribution < -0.4 is 0 Å². The molecular formula is C70H132O6. The summed E-state index contributed by atoms with van der Waals surface area (Å²) < 4.78 is 17.0. The molecule has 0 rings (SSSR count). The zero-order valence-corrected chi connectivity index (χ0v) is 51.6. The first-order chi connectivity index (χ1) is 37.5. The summed E-state index contributed by atoms with van der Waals surface area (Å²) in [5.41, 5.74) is 0. The molecule has 0 saturated carbocycles. The van der Waals surface area contributed by atoms with E-state index in [1.54, 1.807) is 0 Å². The third-order valence-electron chi connectivity index (χ3n) is 15.7. The van der Waals surface area contributed by atoms with Crippen molar-refractivity contribution < 1.29 is 28.6 Å². The van der Waals surface area contributed by atoms with Crippen LogP contribution in [-0.2, 0) is 28.6 Å². The van der Waals surface area contributed by atoms with Gasteiger partial charge in [0.25, 0.3) is 0 Å². The van der Waals surface area contributed by atoms with Crippen LogP contribution in [0.15, 0.2) is 24.3 Å². The summed E-state index contributed by atoms with van der Waals surface area (Å²) in [6, 6.07) is 0. The maximum absolute atomic E-state index is 12.9. The zero-order valence-electron chi connectivity index (χ0n) is 51.6. The lowest BCUT2D eigenvalue weighted by molar-refractivity contribution is -0.167. The summed E-state index contributed by atoms with van der Waals surface area (Å²) in [4.78, 5) is 38.3. The Morgan fingerprint density at radius 2 is 0.474 bits per heavy atom. The van der Waals surface area contributed by atoms with Gasteiger partial charge in [-0.2, -0.15) is 0 Å². The molecule has 6 heteroatoms. The molecule has 0 spiro atoms. The van der Waals surface area contributed by atoms with Gasteiger partial charge in [-0.25, -0.2) is 0 Å². The molecule has 0 fully saturated rings. The summed E-state index contributed by atoms with van der Waals surface area (Å²) in [6.45, 7) is 6.68. The average molecular weight is 1070 g/mol. The van der Waals surface area contributed by atoms with Crippen molar-refractivity contribution in [2.75, 3.05) is 13.2 Å². The quantitative estimate of drug-likeness (QED) is 0.0261. The van der Waals surface area contributed by atoms with E-state index in [1.165, 1.54) is 283 Å². The van der Waals surface area contributed by atoms with Gasteiger partial charge in [0.2, 0.25) is 0 Å². The van der Waals surface area contributed by atoms with E-state index < -0.39 is 6.10 Å². The van der Waals surface area contributed by atoms with E-state index in [0.29, 0.717) is 19.3 Å². The van der Waals surface area contributed by atoms with E-state index in [-0.39, 0.29) is 31.1 Å². The van der Waals surface area contributed by atoms with Gasteiger partial charge in [-0.3, -0.25) is 14.4 Å². The predicted octanol–water partition coefficient (Wildman–Crippen LogP) is 23.4. The lowest BCUT2D eigenvalue weighted by atomic mass is 10.0. The van der Waals surface area contributed by atoms with E-state index in [1.807, 2.05) is 0 Å². The number of hydrogen-bond donors (Lipinski definition) is 0. The molecule has 1 atom stereocenters. The molecule has 0 radical (unpaired) electrons. The molecule has 448 valence electrons. The third kappa shape index (κ3) is 62.7. The van der Waals surface area contributed by atoms with Gasteiger partial charge in [0.1, 0.15) is 13.2 Å². The van der Waals surface area contributed by atoms with Crippen molar-refractivity contribution in [3.63, 3.8) is 0 Å². The number of carbonyl (C=O) groups is 3. The first-order valence-electron chi connectivity index (χ1n) is 34.3.